The van der Waals surface area contributed by atoms with E-state index >= 15 is 0 Å². The van der Waals surface area contributed by atoms with E-state index in [2.05, 4.69) is 37.2 Å². The van der Waals surface area contributed by atoms with Crippen molar-refractivity contribution < 1.29 is 0 Å². The van der Waals surface area contributed by atoms with Gasteiger partial charge in [0.1, 0.15) is 4.99 Å². The zero-order chi connectivity index (χ0) is 12.8. The van der Waals surface area contributed by atoms with Crippen LogP contribution in [0.4, 0.5) is 5.69 Å². The molecule has 3 N–H and O–H groups in total. The first-order chi connectivity index (χ1) is 8.06. The molecule has 1 aromatic carbocycles. The van der Waals surface area contributed by atoms with Gasteiger partial charge in [-0.15, -0.1) is 0 Å². The van der Waals surface area contributed by atoms with E-state index in [1.54, 1.807) is 0 Å². The van der Waals surface area contributed by atoms with E-state index in [0.29, 0.717) is 4.99 Å². The van der Waals surface area contributed by atoms with Crippen molar-refractivity contribution >= 4 is 22.9 Å². The summed E-state index contributed by atoms with van der Waals surface area (Å²) < 4.78 is 0. The van der Waals surface area contributed by atoms with Crippen molar-refractivity contribution in [3.05, 3.63) is 29.3 Å². The van der Waals surface area contributed by atoms with Crippen LogP contribution in [0.2, 0.25) is 0 Å². The number of aryl methyl sites for hydroxylation is 1. The van der Waals surface area contributed by atoms with Crippen LogP contribution in [0.3, 0.4) is 0 Å². The molecule has 0 radical (unpaired) electrons. The quantitative estimate of drug-likeness (QED) is 0.759. The lowest BCUT2D eigenvalue weighted by molar-refractivity contribution is 0.367. The summed E-state index contributed by atoms with van der Waals surface area (Å²) in [5.41, 5.74) is 8.89. The van der Waals surface area contributed by atoms with Gasteiger partial charge in [-0.25, -0.2) is 0 Å². The minimum atomic E-state index is 0.444. The molecule has 0 saturated carbocycles. The standard InChI is InChI=1S/C13H21N3S/c1-4-16(3)9-8-15-12-10(2)6-5-7-11(12)13(14)17/h5-7,15H,4,8-9H2,1-3H3,(H2,14,17). The molecule has 17 heavy (non-hydrogen) atoms. The number of nitrogens with two attached hydrogens (primary N) is 1. The van der Waals surface area contributed by atoms with Gasteiger partial charge in [0.25, 0.3) is 0 Å². The van der Waals surface area contributed by atoms with Gasteiger partial charge < -0.3 is 16.0 Å². The Kier molecular flexibility index (Phi) is 5.38. The summed E-state index contributed by atoms with van der Waals surface area (Å²) in [6.07, 6.45) is 0. The summed E-state index contributed by atoms with van der Waals surface area (Å²) in [5.74, 6) is 0. The second kappa shape index (κ2) is 6.57. The Morgan fingerprint density at radius 3 is 2.76 bits per heavy atom. The highest BCUT2D eigenvalue weighted by Gasteiger charge is 2.07. The fraction of sp³-hybridized carbons (Fsp3) is 0.462. The first-order valence-electron chi connectivity index (χ1n) is 5.88. The number of hydrogen-bond donors (Lipinski definition) is 2. The average molecular weight is 251 g/mol. The van der Waals surface area contributed by atoms with Crippen molar-refractivity contribution in [2.75, 3.05) is 32.0 Å². The normalized spacial score (nSPS) is 10.6. The SMILES string of the molecule is CCN(C)CCNc1c(C)cccc1C(N)=S. The third-order valence-corrected chi connectivity index (χ3v) is 3.09. The first kappa shape index (κ1) is 13.9. The molecule has 0 bridgehead atoms. The Balaban J connectivity index is 2.72. The highest BCUT2D eigenvalue weighted by Crippen LogP contribution is 2.20. The van der Waals surface area contributed by atoms with Gasteiger partial charge in [-0.2, -0.15) is 0 Å². The van der Waals surface area contributed by atoms with Crippen LogP contribution >= 0.6 is 12.2 Å². The van der Waals surface area contributed by atoms with E-state index in [1.165, 1.54) is 5.56 Å². The predicted molar refractivity (Wildman–Crippen MR) is 78.7 cm³/mol. The number of anilines is 1. The number of benzene rings is 1. The minimum absolute atomic E-state index is 0.444. The molecule has 0 aliphatic rings. The van der Waals surface area contributed by atoms with E-state index in [9.17, 15) is 0 Å². The molecule has 0 amide bonds. The molecule has 0 atom stereocenters. The van der Waals surface area contributed by atoms with E-state index in [0.717, 1.165) is 30.9 Å². The number of nitrogens with zero attached hydrogens (tertiary/aromatic N) is 1. The van der Waals surface area contributed by atoms with Crippen molar-refractivity contribution in [3.8, 4) is 0 Å². The number of nitrogens with one attached hydrogen (secondary N) is 1. The van der Waals surface area contributed by atoms with Crippen LogP contribution in [-0.4, -0.2) is 36.6 Å². The number of hydrogen-bond acceptors (Lipinski definition) is 3. The van der Waals surface area contributed by atoms with Crippen molar-refractivity contribution in [1.29, 1.82) is 0 Å². The van der Waals surface area contributed by atoms with Gasteiger partial charge in [0, 0.05) is 24.3 Å². The number of thiocarbonyl (C=S) groups is 1. The molecule has 0 aliphatic carbocycles. The molecule has 0 heterocycles. The van der Waals surface area contributed by atoms with Gasteiger partial charge >= 0.3 is 0 Å². The summed E-state index contributed by atoms with van der Waals surface area (Å²) in [7, 11) is 2.11. The van der Waals surface area contributed by atoms with Gasteiger partial charge in [-0.3, -0.25) is 0 Å². The lowest BCUT2D eigenvalue weighted by Crippen LogP contribution is -2.25. The Morgan fingerprint density at radius 2 is 2.18 bits per heavy atom. The highest BCUT2D eigenvalue weighted by atomic mass is 32.1. The topological polar surface area (TPSA) is 41.3 Å². The molecule has 0 aromatic heterocycles. The summed E-state index contributed by atoms with van der Waals surface area (Å²) in [4.78, 5) is 2.70. The Bertz CT molecular complexity index is 390. The van der Waals surface area contributed by atoms with Gasteiger partial charge in [0.2, 0.25) is 0 Å². The van der Waals surface area contributed by atoms with E-state index < -0.39 is 0 Å². The average Bonchev–Trinajstić information content (AvgIpc) is 2.30. The molecule has 0 aliphatic heterocycles. The van der Waals surface area contributed by atoms with E-state index in [1.807, 2.05) is 12.1 Å². The summed E-state index contributed by atoms with van der Waals surface area (Å²) >= 11 is 5.06. The van der Waals surface area contributed by atoms with Crippen LogP contribution < -0.4 is 11.1 Å². The molecule has 0 spiro atoms. The summed E-state index contributed by atoms with van der Waals surface area (Å²) in [5, 5.41) is 3.42. The molecule has 0 fully saturated rings. The van der Waals surface area contributed by atoms with Crippen molar-refractivity contribution in [3.63, 3.8) is 0 Å². The molecule has 1 rings (SSSR count). The molecule has 94 valence electrons. The lowest BCUT2D eigenvalue weighted by Gasteiger charge is -2.17. The second-order valence-corrected chi connectivity index (χ2v) is 4.62. The third-order valence-electron chi connectivity index (χ3n) is 2.87. The smallest absolute Gasteiger partial charge is 0.106 e. The monoisotopic (exact) mass is 251 g/mol. The second-order valence-electron chi connectivity index (χ2n) is 4.18. The summed E-state index contributed by atoms with van der Waals surface area (Å²) in [6, 6.07) is 6.00. The maximum atomic E-state index is 5.72. The Morgan fingerprint density at radius 1 is 1.47 bits per heavy atom. The summed E-state index contributed by atoms with van der Waals surface area (Å²) in [6.45, 7) is 7.16. The fourth-order valence-corrected chi connectivity index (χ4v) is 1.81. The van der Waals surface area contributed by atoms with Crippen LogP contribution in [0.5, 0.6) is 0 Å². The van der Waals surface area contributed by atoms with Crippen LogP contribution in [0, 0.1) is 6.92 Å². The largest absolute Gasteiger partial charge is 0.389 e. The lowest BCUT2D eigenvalue weighted by atomic mass is 10.1. The molecule has 0 unspecified atom stereocenters. The van der Waals surface area contributed by atoms with Crippen LogP contribution in [-0.2, 0) is 0 Å². The first-order valence-corrected chi connectivity index (χ1v) is 6.29. The molecular formula is C13H21N3S. The van der Waals surface area contributed by atoms with Gasteiger partial charge in [-0.1, -0.05) is 31.3 Å². The van der Waals surface area contributed by atoms with Crippen molar-refractivity contribution in [2.45, 2.75) is 13.8 Å². The molecule has 4 heteroatoms. The van der Waals surface area contributed by atoms with E-state index in [-0.39, 0.29) is 0 Å². The third kappa shape index (κ3) is 3.98. The van der Waals surface area contributed by atoms with Crippen LogP contribution in [0.15, 0.2) is 18.2 Å². The zero-order valence-corrected chi connectivity index (χ0v) is 11.6. The van der Waals surface area contributed by atoms with Gasteiger partial charge in [0.15, 0.2) is 0 Å². The number of rotatable bonds is 6. The maximum Gasteiger partial charge on any atom is 0.106 e. The van der Waals surface area contributed by atoms with Crippen molar-refractivity contribution in [2.24, 2.45) is 5.73 Å². The van der Waals surface area contributed by atoms with Crippen LogP contribution in [0.25, 0.3) is 0 Å². The van der Waals surface area contributed by atoms with Crippen LogP contribution in [0.1, 0.15) is 18.1 Å². The molecule has 0 saturated heterocycles. The fourth-order valence-electron chi connectivity index (χ4n) is 1.64. The highest BCUT2D eigenvalue weighted by molar-refractivity contribution is 7.80. The Hall–Kier alpha value is -1.13. The maximum absolute atomic E-state index is 5.72. The minimum Gasteiger partial charge on any atom is -0.389 e. The molecule has 1 aromatic rings. The van der Waals surface area contributed by atoms with E-state index in [4.69, 9.17) is 18.0 Å². The number of para-hydroxylation sites is 1. The molecular weight excluding hydrogens is 230 g/mol. The number of likely N-dealkylation sites (N-methyl/N-ethyl adjacent to an activating group) is 1. The zero-order valence-electron chi connectivity index (χ0n) is 10.8. The predicted octanol–water partition coefficient (Wildman–Crippen LogP) is 1.99. The Labute approximate surface area is 109 Å². The van der Waals surface area contributed by atoms with Gasteiger partial charge in [-0.05, 0) is 32.1 Å². The molecule has 3 nitrogen and oxygen atoms in total. The van der Waals surface area contributed by atoms with Crippen molar-refractivity contribution in [1.82, 2.24) is 4.90 Å². The van der Waals surface area contributed by atoms with Gasteiger partial charge in [0.05, 0.1) is 0 Å².